The van der Waals surface area contributed by atoms with Crippen molar-refractivity contribution in [1.82, 2.24) is 15.5 Å². The lowest BCUT2D eigenvalue weighted by Crippen LogP contribution is -2.24. The zero-order valence-electron chi connectivity index (χ0n) is 14.5. The Morgan fingerprint density at radius 2 is 1.92 bits per heavy atom. The van der Waals surface area contributed by atoms with Gasteiger partial charge in [-0.3, -0.25) is 0 Å². The number of likely N-dealkylation sites (N-methyl/N-ethyl adjacent to an activating group) is 1. The molecule has 1 aliphatic carbocycles. The van der Waals surface area contributed by atoms with Crippen LogP contribution in [0.25, 0.3) is 0 Å². The molecule has 1 N–H and O–H groups in total. The molecule has 0 aliphatic heterocycles. The summed E-state index contributed by atoms with van der Waals surface area (Å²) < 4.78 is 5.63. The molecule has 0 spiro atoms. The van der Waals surface area contributed by atoms with Crippen molar-refractivity contribution in [3.8, 4) is 0 Å². The maximum atomic E-state index is 5.68. The molecule has 1 fully saturated rings. The van der Waals surface area contributed by atoms with E-state index in [4.69, 9.17) is 9.51 Å². The fourth-order valence-electron chi connectivity index (χ4n) is 3.04. The van der Waals surface area contributed by atoms with Gasteiger partial charge in [-0.1, -0.05) is 35.7 Å². The zero-order chi connectivity index (χ0) is 16.3. The molecule has 1 aromatic carbocycles. The first-order valence-electron chi connectivity index (χ1n) is 8.37. The molecule has 1 saturated carbocycles. The average Bonchev–Trinajstić information content (AvgIpc) is 3.20. The van der Waals surface area contributed by atoms with Crippen molar-refractivity contribution < 1.29 is 4.52 Å². The van der Waals surface area contributed by atoms with E-state index in [0.29, 0.717) is 6.04 Å². The Bertz CT molecular complexity index is 638. The molecule has 1 atom stereocenters. The Hall–Kier alpha value is -1.04. The molecule has 0 saturated heterocycles. The third-order valence-electron chi connectivity index (χ3n) is 4.58. The molecule has 1 aliphatic rings. The van der Waals surface area contributed by atoms with Gasteiger partial charge in [-0.15, -0.1) is 24.2 Å². The fraction of sp³-hybridized carbons (Fsp3) is 0.556. The first kappa shape index (κ1) is 19.3. The molecule has 0 bridgehead atoms. The highest BCUT2D eigenvalue weighted by atomic mass is 35.5. The summed E-state index contributed by atoms with van der Waals surface area (Å²) in [6, 6.07) is 9.07. The van der Waals surface area contributed by atoms with Gasteiger partial charge in [0.2, 0.25) is 5.89 Å². The molecular weight excluding hydrogens is 342 g/mol. The number of nitrogens with one attached hydrogen (secondary N) is 1. The van der Waals surface area contributed by atoms with Gasteiger partial charge in [0, 0.05) is 17.4 Å². The SMILES string of the molecule is CNC(C)Cc1noc(C2(Sc3ccc(C)cc3)CCCC2)n1.Cl. The minimum Gasteiger partial charge on any atom is -0.338 e. The van der Waals surface area contributed by atoms with E-state index in [2.05, 4.69) is 48.6 Å². The molecule has 1 unspecified atom stereocenters. The maximum absolute atomic E-state index is 5.68. The number of hydrogen-bond donors (Lipinski definition) is 1. The van der Waals surface area contributed by atoms with Crippen molar-refractivity contribution in [2.24, 2.45) is 0 Å². The van der Waals surface area contributed by atoms with Gasteiger partial charge in [0.1, 0.15) is 0 Å². The molecule has 132 valence electrons. The van der Waals surface area contributed by atoms with E-state index >= 15 is 0 Å². The first-order chi connectivity index (χ1) is 11.1. The molecule has 24 heavy (non-hydrogen) atoms. The van der Waals surface area contributed by atoms with Gasteiger partial charge in [-0.2, -0.15) is 4.98 Å². The smallest absolute Gasteiger partial charge is 0.243 e. The first-order valence-corrected chi connectivity index (χ1v) is 9.19. The van der Waals surface area contributed by atoms with E-state index in [1.54, 1.807) is 0 Å². The number of aryl methyl sites for hydroxylation is 1. The quantitative estimate of drug-likeness (QED) is 0.813. The predicted molar refractivity (Wildman–Crippen MR) is 101 cm³/mol. The second kappa shape index (κ2) is 8.37. The van der Waals surface area contributed by atoms with E-state index in [0.717, 1.165) is 31.0 Å². The average molecular weight is 368 g/mol. The number of aromatic nitrogens is 2. The van der Waals surface area contributed by atoms with Crippen LogP contribution in [-0.4, -0.2) is 23.2 Å². The van der Waals surface area contributed by atoms with E-state index in [1.807, 2.05) is 18.8 Å². The van der Waals surface area contributed by atoms with Gasteiger partial charge >= 0.3 is 0 Å². The Labute approximate surface area is 154 Å². The number of halogens is 1. The van der Waals surface area contributed by atoms with Crippen LogP contribution in [0.4, 0.5) is 0 Å². The number of thioether (sulfide) groups is 1. The van der Waals surface area contributed by atoms with Crippen LogP contribution in [0.5, 0.6) is 0 Å². The van der Waals surface area contributed by atoms with E-state index in [9.17, 15) is 0 Å². The van der Waals surface area contributed by atoms with Crippen molar-refractivity contribution in [2.45, 2.75) is 61.6 Å². The summed E-state index contributed by atoms with van der Waals surface area (Å²) in [5, 5.41) is 7.43. The summed E-state index contributed by atoms with van der Waals surface area (Å²) in [5.41, 5.74) is 1.29. The minimum absolute atomic E-state index is 0. The Morgan fingerprint density at radius 1 is 1.25 bits per heavy atom. The molecule has 0 amide bonds. The Morgan fingerprint density at radius 3 is 2.54 bits per heavy atom. The van der Waals surface area contributed by atoms with Gasteiger partial charge in [0.05, 0.1) is 4.75 Å². The topological polar surface area (TPSA) is 51.0 Å². The summed E-state index contributed by atoms with van der Waals surface area (Å²) in [5.74, 6) is 1.61. The Kier molecular flexibility index (Phi) is 6.72. The minimum atomic E-state index is -0.0522. The number of nitrogens with zero attached hydrogens (tertiary/aromatic N) is 2. The fourth-order valence-corrected chi connectivity index (χ4v) is 4.42. The second-order valence-electron chi connectivity index (χ2n) is 6.53. The maximum Gasteiger partial charge on any atom is 0.243 e. The lowest BCUT2D eigenvalue weighted by molar-refractivity contribution is 0.336. The Balaban J connectivity index is 0.00000208. The van der Waals surface area contributed by atoms with Crippen LogP contribution in [0.3, 0.4) is 0 Å². The monoisotopic (exact) mass is 367 g/mol. The van der Waals surface area contributed by atoms with Crippen LogP contribution in [-0.2, 0) is 11.2 Å². The third kappa shape index (κ3) is 4.32. The van der Waals surface area contributed by atoms with Crippen LogP contribution in [0.15, 0.2) is 33.7 Å². The summed E-state index contributed by atoms with van der Waals surface area (Å²) in [7, 11) is 1.96. The van der Waals surface area contributed by atoms with Crippen molar-refractivity contribution >= 4 is 24.2 Å². The van der Waals surface area contributed by atoms with Gasteiger partial charge in [0.15, 0.2) is 5.82 Å². The highest BCUT2D eigenvalue weighted by molar-refractivity contribution is 8.00. The molecule has 0 radical (unpaired) electrons. The lowest BCUT2D eigenvalue weighted by Gasteiger charge is -2.23. The molecule has 3 rings (SSSR count). The van der Waals surface area contributed by atoms with Crippen LogP contribution in [0.1, 0.15) is 49.9 Å². The van der Waals surface area contributed by atoms with Gasteiger partial charge in [-0.05, 0) is 45.9 Å². The largest absolute Gasteiger partial charge is 0.338 e. The third-order valence-corrected chi connectivity index (χ3v) is 6.07. The van der Waals surface area contributed by atoms with E-state index < -0.39 is 0 Å². The molecule has 1 heterocycles. The second-order valence-corrected chi connectivity index (χ2v) is 7.98. The molecule has 2 aromatic rings. The molecule has 4 nitrogen and oxygen atoms in total. The van der Waals surface area contributed by atoms with E-state index in [1.165, 1.54) is 23.3 Å². The zero-order valence-corrected chi connectivity index (χ0v) is 16.2. The molecule has 6 heteroatoms. The highest BCUT2D eigenvalue weighted by Gasteiger charge is 2.42. The summed E-state index contributed by atoms with van der Waals surface area (Å²) in [6.07, 6.45) is 5.46. The summed E-state index contributed by atoms with van der Waals surface area (Å²) in [6.45, 7) is 4.25. The standard InChI is InChI=1S/C18H25N3OS.ClH/c1-13-6-8-15(9-7-13)23-18(10-4-5-11-18)17-20-16(21-22-17)12-14(2)19-3;/h6-9,14,19H,4-5,10-12H2,1-3H3;1H. The summed E-state index contributed by atoms with van der Waals surface area (Å²) in [4.78, 5) is 6.01. The predicted octanol–water partition coefficient (Wildman–Crippen LogP) is 4.51. The summed E-state index contributed by atoms with van der Waals surface area (Å²) >= 11 is 1.89. The van der Waals surface area contributed by atoms with Crippen LogP contribution < -0.4 is 5.32 Å². The number of rotatable bonds is 6. The number of benzene rings is 1. The molecular formula is C18H26ClN3OS. The van der Waals surface area contributed by atoms with Crippen molar-refractivity contribution in [2.75, 3.05) is 7.05 Å². The normalized spacial score (nSPS) is 17.5. The van der Waals surface area contributed by atoms with Crippen molar-refractivity contribution in [1.29, 1.82) is 0 Å². The number of hydrogen-bond acceptors (Lipinski definition) is 5. The van der Waals surface area contributed by atoms with Gasteiger partial charge < -0.3 is 9.84 Å². The van der Waals surface area contributed by atoms with Gasteiger partial charge in [-0.25, -0.2) is 0 Å². The van der Waals surface area contributed by atoms with Crippen LogP contribution in [0.2, 0.25) is 0 Å². The highest BCUT2D eigenvalue weighted by Crippen LogP contribution is 2.52. The molecule has 1 aromatic heterocycles. The van der Waals surface area contributed by atoms with Crippen LogP contribution >= 0.6 is 24.2 Å². The lowest BCUT2D eigenvalue weighted by atomic mass is 10.1. The van der Waals surface area contributed by atoms with Gasteiger partial charge in [0.25, 0.3) is 0 Å². The van der Waals surface area contributed by atoms with E-state index in [-0.39, 0.29) is 17.2 Å². The van der Waals surface area contributed by atoms with Crippen LogP contribution in [0, 0.1) is 6.92 Å². The van der Waals surface area contributed by atoms with Crippen molar-refractivity contribution in [3.63, 3.8) is 0 Å². The van der Waals surface area contributed by atoms with Crippen molar-refractivity contribution in [3.05, 3.63) is 41.5 Å².